The van der Waals surface area contributed by atoms with E-state index in [2.05, 4.69) is 9.97 Å². The molecule has 4 aromatic rings. The molecule has 4 heterocycles. The van der Waals surface area contributed by atoms with Gasteiger partial charge < -0.3 is 14.6 Å². The number of Topliss-reactive ketones (excluding diaryl/α,β-unsaturated/α-hetero) is 1. The molecule has 8 nitrogen and oxygen atoms in total. The number of hydrogen-bond acceptors (Lipinski definition) is 5. The largest absolute Gasteiger partial charge is 0.505 e. The lowest BCUT2D eigenvalue weighted by Gasteiger charge is -2.25. The molecule has 1 aromatic carbocycles. The van der Waals surface area contributed by atoms with Crippen LogP contribution < -0.4 is 0 Å². The second-order valence-corrected chi connectivity index (χ2v) is 8.03. The van der Waals surface area contributed by atoms with Gasteiger partial charge in [-0.15, -0.1) is 0 Å². The van der Waals surface area contributed by atoms with E-state index in [0.29, 0.717) is 36.5 Å². The summed E-state index contributed by atoms with van der Waals surface area (Å²) in [4.78, 5) is 36.4. The number of ketones is 1. The van der Waals surface area contributed by atoms with Gasteiger partial charge in [0.15, 0.2) is 5.76 Å². The van der Waals surface area contributed by atoms with Gasteiger partial charge in [0.05, 0.1) is 23.6 Å². The fourth-order valence-corrected chi connectivity index (χ4v) is 4.46. The smallest absolute Gasteiger partial charge is 0.295 e. The van der Waals surface area contributed by atoms with Crippen molar-refractivity contribution in [3.05, 3.63) is 96.0 Å². The van der Waals surface area contributed by atoms with Crippen molar-refractivity contribution >= 4 is 23.1 Å². The summed E-state index contributed by atoms with van der Waals surface area (Å²) < 4.78 is 3.66. The van der Waals surface area contributed by atoms with Crippen LogP contribution in [0.2, 0.25) is 0 Å². The molecule has 0 radical (unpaired) electrons. The number of imidazole rings is 2. The second-order valence-electron chi connectivity index (χ2n) is 8.03. The van der Waals surface area contributed by atoms with Gasteiger partial charge in [-0.3, -0.25) is 14.0 Å². The van der Waals surface area contributed by atoms with Crippen LogP contribution >= 0.6 is 0 Å². The molecule has 5 rings (SSSR count). The monoisotopic (exact) mass is 441 g/mol. The van der Waals surface area contributed by atoms with Crippen LogP contribution in [-0.2, 0) is 16.1 Å². The molecule has 33 heavy (non-hydrogen) atoms. The Balaban J connectivity index is 1.59. The number of likely N-dealkylation sites (tertiary alicyclic amines) is 1. The van der Waals surface area contributed by atoms with Gasteiger partial charge >= 0.3 is 0 Å². The minimum absolute atomic E-state index is 0.0857. The number of aromatic nitrogens is 4. The Morgan fingerprint density at radius 1 is 1.03 bits per heavy atom. The van der Waals surface area contributed by atoms with Crippen LogP contribution in [-0.4, -0.2) is 47.2 Å². The van der Waals surface area contributed by atoms with Crippen LogP contribution in [0.3, 0.4) is 0 Å². The first kappa shape index (κ1) is 20.7. The first-order chi connectivity index (χ1) is 16.1. The molecule has 3 aromatic heterocycles. The number of carbonyl (C=O) groups excluding carboxylic acids is 2. The number of carbonyl (C=O) groups is 2. The van der Waals surface area contributed by atoms with Gasteiger partial charge in [0.2, 0.25) is 0 Å². The van der Waals surface area contributed by atoms with E-state index in [1.807, 2.05) is 59.3 Å². The maximum absolute atomic E-state index is 13.2. The lowest BCUT2D eigenvalue weighted by atomic mass is 9.96. The molecular weight excluding hydrogens is 418 g/mol. The Hall–Kier alpha value is -4.20. The van der Waals surface area contributed by atoms with Crippen LogP contribution in [0.4, 0.5) is 0 Å². The SMILES string of the molecule is Cc1nc2ccccn2c1C(O)=C1C(=O)C(=O)N(CCCn2ccnc2)[C@H]1c1ccccc1. The number of aryl methyl sites for hydroxylation is 2. The van der Waals surface area contributed by atoms with E-state index in [4.69, 9.17) is 0 Å². The van der Waals surface area contributed by atoms with Crippen molar-refractivity contribution in [1.29, 1.82) is 0 Å². The highest BCUT2D eigenvalue weighted by molar-refractivity contribution is 6.46. The third kappa shape index (κ3) is 3.59. The molecule has 166 valence electrons. The molecule has 1 fully saturated rings. The number of benzene rings is 1. The van der Waals surface area contributed by atoms with Gasteiger partial charge in [-0.05, 0) is 31.0 Å². The summed E-state index contributed by atoms with van der Waals surface area (Å²) in [6, 6.07) is 14.2. The van der Waals surface area contributed by atoms with E-state index in [9.17, 15) is 14.7 Å². The van der Waals surface area contributed by atoms with Gasteiger partial charge in [0.25, 0.3) is 11.7 Å². The average Bonchev–Trinajstić information content (AvgIpc) is 3.52. The molecule has 0 aliphatic carbocycles. The first-order valence-corrected chi connectivity index (χ1v) is 10.8. The van der Waals surface area contributed by atoms with Gasteiger partial charge in [0.1, 0.15) is 11.3 Å². The zero-order valence-corrected chi connectivity index (χ0v) is 18.1. The summed E-state index contributed by atoms with van der Waals surface area (Å²) in [6.45, 7) is 2.81. The zero-order valence-electron chi connectivity index (χ0n) is 18.1. The Labute approximate surface area is 190 Å². The van der Waals surface area contributed by atoms with Crippen LogP contribution in [0, 0.1) is 6.92 Å². The molecule has 1 aliphatic heterocycles. The first-order valence-electron chi connectivity index (χ1n) is 10.8. The number of aliphatic hydroxyl groups is 1. The molecule has 0 bridgehead atoms. The number of nitrogens with zero attached hydrogens (tertiary/aromatic N) is 5. The summed E-state index contributed by atoms with van der Waals surface area (Å²) >= 11 is 0. The molecule has 1 N–H and O–H groups in total. The minimum atomic E-state index is -0.686. The maximum Gasteiger partial charge on any atom is 0.295 e. The predicted octanol–water partition coefficient (Wildman–Crippen LogP) is 3.35. The molecule has 1 atom stereocenters. The topological polar surface area (TPSA) is 92.7 Å². The van der Waals surface area contributed by atoms with E-state index in [1.54, 1.807) is 34.9 Å². The number of aliphatic hydroxyl groups excluding tert-OH is 1. The fourth-order valence-electron chi connectivity index (χ4n) is 4.46. The fraction of sp³-hybridized carbons (Fsp3) is 0.200. The average molecular weight is 441 g/mol. The zero-order chi connectivity index (χ0) is 22.9. The highest BCUT2D eigenvalue weighted by atomic mass is 16.3. The Morgan fingerprint density at radius 2 is 1.82 bits per heavy atom. The van der Waals surface area contributed by atoms with Crippen molar-refractivity contribution in [2.24, 2.45) is 0 Å². The lowest BCUT2D eigenvalue weighted by molar-refractivity contribution is -0.139. The van der Waals surface area contributed by atoms with Crippen molar-refractivity contribution in [1.82, 2.24) is 23.8 Å². The third-order valence-corrected chi connectivity index (χ3v) is 5.96. The quantitative estimate of drug-likeness (QED) is 0.281. The Bertz CT molecular complexity index is 1360. The standard InChI is InChI=1S/C25H23N5O3/c1-17-21(29-13-6-5-10-19(29)27-17)23(31)20-22(18-8-3-2-4-9-18)30(25(33)24(20)32)14-7-12-28-15-11-26-16-28/h2-6,8-11,13,15-16,22,31H,7,12,14H2,1H3/t22-/m0/s1. The van der Waals surface area contributed by atoms with Crippen molar-refractivity contribution in [2.45, 2.75) is 25.9 Å². The van der Waals surface area contributed by atoms with Crippen molar-refractivity contribution < 1.29 is 14.7 Å². The van der Waals surface area contributed by atoms with Gasteiger partial charge in [-0.2, -0.15) is 0 Å². The molecule has 0 unspecified atom stereocenters. The van der Waals surface area contributed by atoms with Crippen molar-refractivity contribution in [3.8, 4) is 0 Å². The molecule has 1 saturated heterocycles. The van der Waals surface area contributed by atoms with Crippen LogP contribution in [0.5, 0.6) is 0 Å². The summed E-state index contributed by atoms with van der Waals surface area (Å²) in [7, 11) is 0. The normalized spacial score (nSPS) is 17.8. The summed E-state index contributed by atoms with van der Waals surface area (Å²) in [5, 5.41) is 11.4. The molecule has 1 aliphatic rings. The third-order valence-electron chi connectivity index (χ3n) is 5.96. The van der Waals surface area contributed by atoms with E-state index < -0.39 is 17.7 Å². The van der Waals surface area contributed by atoms with Crippen molar-refractivity contribution in [2.75, 3.05) is 6.54 Å². The maximum atomic E-state index is 13.2. The Morgan fingerprint density at radius 3 is 2.58 bits per heavy atom. The van der Waals surface area contributed by atoms with Crippen LogP contribution in [0.1, 0.15) is 29.4 Å². The van der Waals surface area contributed by atoms with Gasteiger partial charge in [-0.25, -0.2) is 9.97 Å². The molecule has 8 heteroatoms. The number of pyridine rings is 1. The lowest BCUT2D eigenvalue weighted by Crippen LogP contribution is -2.31. The van der Waals surface area contributed by atoms with Gasteiger partial charge in [-0.1, -0.05) is 36.4 Å². The van der Waals surface area contributed by atoms with Crippen LogP contribution in [0.15, 0.2) is 79.0 Å². The summed E-state index contributed by atoms with van der Waals surface area (Å²) in [6.07, 6.45) is 7.70. The van der Waals surface area contributed by atoms with Gasteiger partial charge in [0, 0.05) is 31.7 Å². The molecular formula is C25H23N5O3. The number of amides is 1. The number of hydrogen-bond donors (Lipinski definition) is 1. The number of rotatable bonds is 6. The molecule has 0 saturated carbocycles. The second kappa shape index (κ2) is 8.38. The molecule has 0 spiro atoms. The highest BCUT2D eigenvalue weighted by Crippen LogP contribution is 2.40. The van der Waals surface area contributed by atoms with E-state index in [-0.39, 0.29) is 11.3 Å². The molecule has 1 amide bonds. The van der Waals surface area contributed by atoms with E-state index >= 15 is 0 Å². The van der Waals surface area contributed by atoms with Crippen LogP contribution in [0.25, 0.3) is 11.4 Å². The predicted molar refractivity (Wildman–Crippen MR) is 122 cm³/mol. The number of fused-ring (bicyclic) bond motifs is 1. The highest BCUT2D eigenvalue weighted by Gasteiger charge is 2.46. The Kier molecular flexibility index (Phi) is 5.26. The van der Waals surface area contributed by atoms with Crippen molar-refractivity contribution in [3.63, 3.8) is 0 Å². The minimum Gasteiger partial charge on any atom is -0.505 e. The summed E-state index contributed by atoms with van der Waals surface area (Å²) in [5.41, 5.74) is 2.51. The summed E-state index contributed by atoms with van der Waals surface area (Å²) in [5.74, 6) is -1.51. The van der Waals surface area contributed by atoms with E-state index in [1.165, 1.54) is 0 Å². The van der Waals surface area contributed by atoms with E-state index in [0.717, 1.165) is 5.56 Å².